The number of benzene rings is 2. The van der Waals surface area contributed by atoms with Crippen molar-refractivity contribution in [3.63, 3.8) is 0 Å². The first-order valence-corrected chi connectivity index (χ1v) is 10.2. The molecule has 1 saturated heterocycles. The smallest absolute Gasteiger partial charge is 0.243 e. The van der Waals surface area contributed by atoms with Crippen molar-refractivity contribution in [2.75, 3.05) is 24.5 Å². The quantitative estimate of drug-likeness (QED) is 0.835. The number of rotatable bonds is 6. The van der Waals surface area contributed by atoms with Gasteiger partial charge in [0.1, 0.15) is 16.5 Å². The highest BCUT2D eigenvalue weighted by Gasteiger charge is 2.19. The molecule has 7 heteroatoms. The third-order valence-electron chi connectivity index (χ3n) is 4.55. The highest BCUT2D eigenvalue weighted by atomic mass is 32.2. The Labute approximate surface area is 152 Å². The van der Waals surface area contributed by atoms with Crippen LogP contribution in [0.4, 0.5) is 14.5 Å². The number of sulfonamides is 1. The third kappa shape index (κ3) is 4.59. The summed E-state index contributed by atoms with van der Waals surface area (Å²) in [7, 11) is -4.00. The predicted octanol–water partition coefficient (Wildman–Crippen LogP) is 3.48. The molecule has 140 valence electrons. The van der Waals surface area contributed by atoms with Crippen molar-refractivity contribution in [3.8, 4) is 0 Å². The van der Waals surface area contributed by atoms with Gasteiger partial charge in [0.15, 0.2) is 0 Å². The van der Waals surface area contributed by atoms with Crippen LogP contribution in [0.1, 0.15) is 24.8 Å². The van der Waals surface area contributed by atoms with Gasteiger partial charge in [-0.1, -0.05) is 12.1 Å². The number of nitrogens with zero attached hydrogens (tertiary/aromatic N) is 1. The first-order valence-electron chi connectivity index (χ1n) is 8.74. The Bertz CT molecular complexity index is 848. The fourth-order valence-electron chi connectivity index (χ4n) is 3.13. The lowest BCUT2D eigenvalue weighted by molar-refractivity contribution is 0.543. The topological polar surface area (TPSA) is 49.4 Å². The zero-order chi connectivity index (χ0) is 18.6. The second kappa shape index (κ2) is 8.14. The number of piperidine rings is 1. The van der Waals surface area contributed by atoms with Gasteiger partial charge in [0.25, 0.3) is 0 Å². The third-order valence-corrected chi connectivity index (χ3v) is 6.04. The van der Waals surface area contributed by atoms with Crippen LogP contribution in [0.25, 0.3) is 0 Å². The minimum Gasteiger partial charge on any atom is -0.372 e. The molecule has 1 aliphatic heterocycles. The van der Waals surface area contributed by atoms with Gasteiger partial charge in [-0.15, -0.1) is 0 Å². The highest BCUT2D eigenvalue weighted by molar-refractivity contribution is 7.89. The lowest BCUT2D eigenvalue weighted by Gasteiger charge is -2.28. The monoisotopic (exact) mass is 380 g/mol. The summed E-state index contributed by atoms with van der Waals surface area (Å²) in [5.74, 6) is -1.90. The molecular formula is C19H22F2N2O2S. The SMILES string of the molecule is O=S(=O)(NCCc1ccc(N2CCCCC2)cc1)c1ccc(F)cc1F. The van der Waals surface area contributed by atoms with Gasteiger partial charge in [0, 0.05) is 31.4 Å². The maximum atomic E-state index is 13.7. The molecule has 1 heterocycles. The second-order valence-corrected chi connectivity index (χ2v) is 8.17. The molecule has 0 aliphatic carbocycles. The Morgan fingerprint density at radius 2 is 1.65 bits per heavy atom. The van der Waals surface area contributed by atoms with Crippen LogP contribution in [-0.2, 0) is 16.4 Å². The van der Waals surface area contributed by atoms with Crippen LogP contribution >= 0.6 is 0 Å². The van der Waals surface area contributed by atoms with E-state index in [1.165, 1.54) is 24.9 Å². The molecule has 2 aromatic carbocycles. The van der Waals surface area contributed by atoms with Gasteiger partial charge >= 0.3 is 0 Å². The largest absolute Gasteiger partial charge is 0.372 e. The molecule has 1 aliphatic rings. The Kier molecular flexibility index (Phi) is 5.88. The normalized spacial score (nSPS) is 15.2. The molecule has 0 aromatic heterocycles. The van der Waals surface area contributed by atoms with E-state index >= 15 is 0 Å². The van der Waals surface area contributed by atoms with E-state index in [0.29, 0.717) is 12.5 Å². The molecule has 2 aromatic rings. The van der Waals surface area contributed by atoms with Gasteiger partial charge in [-0.2, -0.15) is 0 Å². The van der Waals surface area contributed by atoms with Gasteiger partial charge in [-0.05, 0) is 55.5 Å². The average molecular weight is 380 g/mol. The van der Waals surface area contributed by atoms with Crippen molar-refractivity contribution in [1.82, 2.24) is 4.72 Å². The van der Waals surface area contributed by atoms with Crippen LogP contribution < -0.4 is 9.62 Å². The summed E-state index contributed by atoms with van der Waals surface area (Å²) < 4.78 is 53.2. The fraction of sp³-hybridized carbons (Fsp3) is 0.368. The van der Waals surface area contributed by atoms with Crippen LogP contribution in [0.15, 0.2) is 47.4 Å². The zero-order valence-corrected chi connectivity index (χ0v) is 15.2. The summed E-state index contributed by atoms with van der Waals surface area (Å²) in [6.07, 6.45) is 4.19. The van der Waals surface area contributed by atoms with Gasteiger partial charge in [-0.3, -0.25) is 0 Å². The molecular weight excluding hydrogens is 358 g/mol. The minimum absolute atomic E-state index is 0.141. The lowest BCUT2D eigenvalue weighted by Crippen LogP contribution is -2.29. The molecule has 0 saturated carbocycles. The summed E-state index contributed by atoms with van der Waals surface area (Å²) in [6, 6.07) is 10.5. The fourth-order valence-corrected chi connectivity index (χ4v) is 4.22. The van der Waals surface area contributed by atoms with E-state index in [9.17, 15) is 17.2 Å². The maximum Gasteiger partial charge on any atom is 0.243 e. The molecule has 26 heavy (non-hydrogen) atoms. The predicted molar refractivity (Wildman–Crippen MR) is 97.8 cm³/mol. The highest BCUT2D eigenvalue weighted by Crippen LogP contribution is 2.20. The summed E-state index contributed by atoms with van der Waals surface area (Å²) in [5, 5.41) is 0. The summed E-state index contributed by atoms with van der Waals surface area (Å²) in [6.45, 7) is 2.28. The van der Waals surface area contributed by atoms with Crippen molar-refractivity contribution < 1.29 is 17.2 Å². The molecule has 0 bridgehead atoms. The molecule has 0 spiro atoms. The molecule has 4 nitrogen and oxygen atoms in total. The van der Waals surface area contributed by atoms with E-state index in [-0.39, 0.29) is 6.54 Å². The molecule has 0 radical (unpaired) electrons. The summed E-state index contributed by atoms with van der Waals surface area (Å²) >= 11 is 0. The van der Waals surface area contributed by atoms with Gasteiger partial charge in [0.2, 0.25) is 10.0 Å². The van der Waals surface area contributed by atoms with Gasteiger partial charge < -0.3 is 4.90 Å². The van der Waals surface area contributed by atoms with E-state index in [1.54, 1.807) is 0 Å². The Hall–Kier alpha value is -1.99. The first kappa shape index (κ1) is 18.8. The number of hydrogen-bond donors (Lipinski definition) is 1. The van der Waals surface area contributed by atoms with E-state index in [0.717, 1.165) is 30.8 Å². The Morgan fingerprint density at radius 3 is 2.31 bits per heavy atom. The van der Waals surface area contributed by atoms with Crippen LogP contribution in [0, 0.1) is 11.6 Å². The molecule has 3 rings (SSSR count). The lowest BCUT2D eigenvalue weighted by atomic mass is 10.1. The van der Waals surface area contributed by atoms with Crippen molar-refractivity contribution in [3.05, 3.63) is 59.7 Å². The number of nitrogens with one attached hydrogen (secondary N) is 1. The minimum atomic E-state index is -4.00. The van der Waals surface area contributed by atoms with Crippen LogP contribution in [0.3, 0.4) is 0 Å². The van der Waals surface area contributed by atoms with Gasteiger partial charge in [-0.25, -0.2) is 21.9 Å². The Morgan fingerprint density at radius 1 is 0.962 bits per heavy atom. The van der Waals surface area contributed by atoms with Crippen LogP contribution in [-0.4, -0.2) is 28.1 Å². The van der Waals surface area contributed by atoms with E-state index in [2.05, 4.69) is 21.8 Å². The van der Waals surface area contributed by atoms with E-state index in [4.69, 9.17) is 0 Å². The molecule has 0 atom stereocenters. The number of anilines is 1. The molecule has 1 N–H and O–H groups in total. The van der Waals surface area contributed by atoms with Crippen LogP contribution in [0.5, 0.6) is 0 Å². The number of hydrogen-bond acceptors (Lipinski definition) is 3. The van der Waals surface area contributed by atoms with Crippen molar-refractivity contribution in [2.45, 2.75) is 30.6 Å². The van der Waals surface area contributed by atoms with Crippen molar-refractivity contribution >= 4 is 15.7 Å². The van der Waals surface area contributed by atoms with Crippen molar-refractivity contribution in [1.29, 1.82) is 0 Å². The first-order chi connectivity index (χ1) is 12.5. The Balaban J connectivity index is 1.57. The molecule has 0 unspecified atom stereocenters. The molecule has 1 fully saturated rings. The van der Waals surface area contributed by atoms with E-state index in [1.807, 2.05) is 12.1 Å². The van der Waals surface area contributed by atoms with Gasteiger partial charge in [0.05, 0.1) is 0 Å². The zero-order valence-electron chi connectivity index (χ0n) is 14.4. The maximum absolute atomic E-state index is 13.7. The average Bonchev–Trinajstić information content (AvgIpc) is 2.62. The van der Waals surface area contributed by atoms with Crippen LogP contribution in [0.2, 0.25) is 0 Å². The van der Waals surface area contributed by atoms with Crippen molar-refractivity contribution in [2.24, 2.45) is 0 Å². The second-order valence-electron chi connectivity index (χ2n) is 6.44. The summed E-state index contributed by atoms with van der Waals surface area (Å²) in [4.78, 5) is 1.81. The molecule has 0 amide bonds. The van der Waals surface area contributed by atoms with E-state index < -0.39 is 26.6 Å². The number of halogens is 2. The summed E-state index contributed by atoms with van der Waals surface area (Å²) in [5.41, 5.74) is 2.18. The standard InChI is InChI=1S/C19H22F2N2O2S/c20-16-6-9-19(18(21)14-16)26(24,25)22-11-10-15-4-7-17(8-5-15)23-12-2-1-3-13-23/h4-9,14,22H,1-3,10-13H2.